The molecule has 0 fully saturated rings. The van der Waals surface area contributed by atoms with Crippen molar-refractivity contribution in [3.8, 4) is 5.75 Å². The Bertz CT molecular complexity index is 428. The molecule has 4 heteroatoms. The number of benzene rings is 1. The van der Waals surface area contributed by atoms with Gasteiger partial charge in [-0.1, -0.05) is 6.07 Å². The number of rotatable bonds is 5. The zero-order valence-electron chi connectivity index (χ0n) is 9.14. The van der Waals surface area contributed by atoms with Gasteiger partial charge >= 0.3 is 0 Å². The maximum absolute atomic E-state index is 5.43. The smallest absolute Gasteiger partial charge is 0.121 e. The molecule has 84 valence electrons. The van der Waals surface area contributed by atoms with Gasteiger partial charge in [-0.15, -0.1) is 11.3 Å². The number of anilines is 1. The molecule has 0 saturated carbocycles. The Hall–Kier alpha value is -1.55. The predicted molar refractivity (Wildman–Crippen MR) is 67.1 cm³/mol. The average molecular weight is 234 g/mol. The van der Waals surface area contributed by atoms with Crippen molar-refractivity contribution in [2.24, 2.45) is 0 Å². The molecule has 0 aliphatic rings. The van der Waals surface area contributed by atoms with E-state index in [2.05, 4.69) is 10.3 Å². The number of hydrogen-bond donors (Lipinski definition) is 1. The van der Waals surface area contributed by atoms with E-state index in [9.17, 15) is 0 Å². The van der Waals surface area contributed by atoms with E-state index in [1.165, 1.54) is 4.88 Å². The van der Waals surface area contributed by atoms with Crippen LogP contribution in [0.2, 0.25) is 0 Å². The molecular formula is C12H14N2OS. The van der Waals surface area contributed by atoms with Crippen LogP contribution in [0.5, 0.6) is 5.75 Å². The highest BCUT2D eigenvalue weighted by Crippen LogP contribution is 2.18. The van der Waals surface area contributed by atoms with Crippen molar-refractivity contribution in [2.45, 2.75) is 13.5 Å². The summed E-state index contributed by atoms with van der Waals surface area (Å²) < 4.78 is 5.43. The van der Waals surface area contributed by atoms with Gasteiger partial charge < -0.3 is 10.1 Å². The maximum Gasteiger partial charge on any atom is 0.121 e. The summed E-state index contributed by atoms with van der Waals surface area (Å²) in [4.78, 5) is 5.26. The van der Waals surface area contributed by atoms with Gasteiger partial charge in [0.1, 0.15) is 5.75 Å². The van der Waals surface area contributed by atoms with Crippen molar-refractivity contribution >= 4 is 17.0 Å². The van der Waals surface area contributed by atoms with Crippen molar-refractivity contribution in [3.05, 3.63) is 40.8 Å². The molecule has 1 heterocycles. The number of nitrogens with one attached hydrogen (secondary N) is 1. The van der Waals surface area contributed by atoms with Crippen LogP contribution < -0.4 is 10.1 Å². The highest BCUT2D eigenvalue weighted by atomic mass is 32.1. The van der Waals surface area contributed by atoms with Gasteiger partial charge in [-0.3, -0.25) is 4.98 Å². The Morgan fingerprint density at radius 1 is 1.44 bits per heavy atom. The third-order valence-corrected chi connectivity index (χ3v) is 2.87. The second-order valence-corrected chi connectivity index (χ2v) is 4.25. The molecule has 0 unspecified atom stereocenters. The van der Waals surface area contributed by atoms with Crippen molar-refractivity contribution in [1.29, 1.82) is 0 Å². The van der Waals surface area contributed by atoms with Crippen molar-refractivity contribution < 1.29 is 4.74 Å². The van der Waals surface area contributed by atoms with Crippen LogP contribution in [-0.2, 0) is 6.54 Å². The highest BCUT2D eigenvalue weighted by molar-refractivity contribution is 7.09. The van der Waals surface area contributed by atoms with Crippen LogP contribution in [0.25, 0.3) is 0 Å². The Kier molecular flexibility index (Phi) is 3.77. The van der Waals surface area contributed by atoms with Crippen LogP contribution >= 0.6 is 11.3 Å². The first-order valence-electron chi connectivity index (χ1n) is 5.22. The van der Waals surface area contributed by atoms with Crippen molar-refractivity contribution in [2.75, 3.05) is 11.9 Å². The van der Waals surface area contributed by atoms with Crippen LogP contribution in [-0.4, -0.2) is 11.6 Å². The molecule has 0 amide bonds. The number of aromatic nitrogens is 1. The molecule has 0 aliphatic heterocycles. The van der Waals surface area contributed by atoms with Crippen LogP contribution in [0.15, 0.2) is 36.0 Å². The van der Waals surface area contributed by atoms with Crippen molar-refractivity contribution in [3.63, 3.8) is 0 Å². The summed E-state index contributed by atoms with van der Waals surface area (Å²) in [6.07, 6.45) is 1.88. The Morgan fingerprint density at radius 3 is 3.12 bits per heavy atom. The largest absolute Gasteiger partial charge is 0.494 e. The Morgan fingerprint density at radius 2 is 2.38 bits per heavy atom. The topological polar surface area (TPSA) is 34.1 Å². The molecule has 0 spiro atoms. The molecule has 2 rings (SSSR count). The van der Waals surface area contributed by atoms with Gasteiger partial charge in [-0.2, -0.15) is 0 Å². The van der Waals surface area contributed by atoms with Gasteiger partial charge in [0, 0.05) is 22.8 Å². The van der Waals surface area contributed by atoms with Crippen LogP contribution in [0.4, 0.5) is 5.69 Å². The molecule has 1 aromatic carbocycles. The minimum atomic E-state index is 0.693. The second-order valence-electron chi connectivity index (χ2n) is 3.28. The van der Waals surface area contributed by atoms with E-state index in [4.69, 9.17) is 4.74 Å². The molecule has 1 aromatic heterocycles. The summed E-state index contributed by atoms with van der Waals surface area (Å²) in [6.45, 7) is 3.48. The third kappa shape index (κ3) is 2.97. The first-order chi connectivity index (χ1) is 7.88. The summed E-state index contributed by atoms with van der Waals surface area (Å²) in [5.74, 6) is 0.900. The third-order valence-electron chi connectivity index (χ3n) is 2.10. The molecule has 0 atom stereocenters. The fraction of sp³-hybridized carbons (Fsp3) is 0.250. The SMILES string of the molecule is CCOc1cccc(NCc2cncs2)c1. The highest BCUT2D eigenvalue weighted by Gasteiger charge is 1.97. The molecular weight excluding hydrogens is 220 g/mol. The zero-order valence-corrected chi connectivity index (χ0v) is 9.96. The van der Waals surface area contributed by atoms with Gasteiger partial charge in [0.25, 0.3) is 0 Å². The summed E-state index contributed by atoms with van der Waals surface area (Å²) in [5, 5.41) is 3.34. The zero-order chi connectivity index (χ0) is 11.2. The van der Waals surface area contributed by atoms with Gasteiger partial charge in [0.2, 0.25) is 0 Å². The van der Waals surface area contributed by atoms with Crippen LogP contribution in [0, 0.1) is 0 Å². The van der Waals surface area contributed by atoms with E-state index in [1.54, 1.807) is 11.3 Å². The molecule has 0 bridgehead atoms. The van der Waals surface area contributed by atoms with E-state index in [-0.39, 0.29) is 0 Å². The monoisotopic (exact) mass is 234 g/mol. The number of nitrogens with zero attached hydrogens (tertiary/aromatic N) is 1. The van der Waals surface area contributed by atoms with Gasteiger partial charge in [-0.25, -0.2) is 0 Å². The summed E-state index contributed by atoms with van der Waals surface area (Å²) in [5.41, 5.74) is 2.91. The van der Waals surface area contributed by atoms with E-state index in [0.717, 1.165) is 18.0 Å². The normalized spacial score (nSPS) is 10.1. The number of thiazole rings is 1. The summed E-state index contributed by atoms with van der Waals surface area (Å²) >= 11 is 1.65. The minimum absolute atomic E-state index is 0.693. The average Bonchev–Trinajstić information content (AvgIpc) is 2.80. The summed E-state index contributed by atoms with van der Waals surface area (Å²) in [7, 11) is 0. The lowest BCUT2D eigenvalue weighted by Crippen LogP contribution is -1.98. The van der Waals surface area contributed by atoms with Crippen LogP contribution in [0.1, 0.15) is 11.8 Å². The van der Waals surface area contributed by atoms with Gasteiger partial charge in [-0.05, 0) is 19.1 Å². The van der Waals surface area contributed by atoms with Gasteiger partial charge in [0.15, 0.2) is 0 Å². The van der Waals surface area contributed by atoms with Crippen LogP contribution in [0.3, 0.4) is 0 Å². The molecule has 0 aliphatic carbocycles. The maximum atomic E-state index is 5.43. The van der Waals surface area contributed by atoms with E-state index >= 15 is 0 Å². The number of hydrogen-bond acceptors (Lipinski definition) is 4. The fourth-order valence-corrected chi connectivity index (χ4v) is 1.92. The molecule has 2 aromatic rings. The first kappa shape index (κ1) is 11.0. The Labute approximate surface area is 99.1 Å². The molecule has 0 saturated heterocycles. The molecule has 3 nitrogen and oxygen atoms in total. The van der Waals surface area contributed by atoms with E-state index in [0.29, 0.717) is 6.61 Å². The van der Waals surface area contributed by atoms with E-state index < -0.39 is 0 Å². The quantitative estimate of drug-likeness (QED) is 0.863. The van der Waals surface area contributed by atoms with Crippen molar-refractivity contribution in [1.82, 2.24) is 4.98 Å². The van der Waals surface area contributed by atoms with E-state index in [1.807, 2.05) is 42.9 Å². The number of ether oxygens (including phenoxy) is 1. The second kappa shape index (κ2) is 5.51. The molecule has 16 heavy (non-hydrogen) atoms. The fourth-order valence-electron chi connectivity index (χ4n) is 1.38. The van der Waals surface area contributed by atoms with Gasteiger partial charge in [0.05, 0.1) is 18.7 Å². The molecule has 0 radical (unpaired) electrons. The minimum Gasteiger partial charge on any atom is -0.494 e. The predicted octanol–water partition coefficient (Wildman–Crippen LogP) is 3.15. The first-order valence-corrected chi connectivity index (χ1v) is 6.10. The lowest BCUT2D eigenvalue weighted by molar-refractivity contribution is 0.340. The standard InChI is InChI=1S/C12H14N2OS/c1-2-15-11-5-3-4-10(6-11)14-8-12-7-13-9-16-12/h3-7,9,14H,2,8H2,1H3. The lowest BCUT2D eigenvalue weighted by Gasteiger charge is -2.07. The summed E-state index contributed by atoms with van der Waals surface area (Å²) in [6, 6.07) is 7.98. The molecule has 1 N–H and O–H groups in total. The lowest BCUT2D eigenvalue weighted by atomic mass is 10.3. The Balaban J connectivity index is 1.96.